The van der Waals surface area contributed by atoms with Crippen LogP contribution in [-0.2, 0) is 14.8 Å². The Morgan fingerprint density at radius 3 is 2.66 bits per heavy atom. The quantitative estimate of drug-likeness (QED) is 0.751. The minimum absolute atomic E-state index is 0.0264. The van der Waals surface area contributed by atoms with Gasteiger partial charge >= 0.3 is 0 Å². The van der Waals surface area contributed by atoms with Crippen LogP contribution in [0.15, 0.2) is 47.6 Å². The third-order valence-electron chi connectivity index (χ3n) is 4.59. The van der Waals surface area contributed by atoms with E-state index in [0.29, 0.717) is 28.9 Å². The second-order valence-electron chi connectivity index (χ2n) is 6.68. The number of sulfonamides is 1. The Balaban J connectivity index is 2.07. The Bertz CT molecular complexity index is 1070. The van der Waals surface area contributed by atoms with Gasteiger partial charge in [0.15, 0.2) is 11.5 Å². The number of anilines is 1. The molecule has 8 nitrogen and oxygen atoms in total. The molecule has 1 amide bonds. The maximum atomic E-state index is 12.6. The molecule has 2 aromatic rings. The van der Waals surface area contributed by atoms with E-state index in [1.807, 2.05) is 0 Å². The van der Waals surface area contributed by atoms with Crippen LogP contribution in [0.1, 0.15) is 36.9 Å². The van der Waals surface area contributed by atoms with Crippen molar-refractivity contribution in [2.24, 2.45) is 5.10 Å². The average Bonchev–Trinajstić information content (AvgIpc) is 3.11. The summed E-state index contributed by atoms with van der Waals surface area (Å²) in [5, 5.41) is 16.0. The summed E-state index contributed by atoms with van der Waals surface area (Å²) < 4.78 is 31.3. The molecular weight excluding hydrogens is 394 g/mol. The fraction of sp³-hybridized carbons (Fsp3) is 0.300. The van der Waals surface area contributed by atoms with Crippen molar-refractivity contribution < 1.29 is 23.1 Å². The lowest BCUT2D eigenvalue weighted by Crippen LogP contribution is -2.26. The third kappa shape index (κ3) is 4.34. The smallest absolute Gasteiger partial charge is 0.242 e. The molecule has 29 heavy (non-hydrogen) atoms. The van der Waals surface area contributed by atoms with Crippen molar-refractivity contribution in [3.8, 4) is 11.5 Å². The van der Waals surface area contributed by atoms with Crippen molar-refractivity contribution in [1.82, 2.24) is 5.01 Å². The summed E-state index contributed by atoms with van der Waals surface area (Å²) in [6, 6.07) is 11.4. The molecule has 0 radical (unpaired) electrons. The van der Waals surface area contributed by atoms with E-state index < -0.39 is 16.1 Å². The summed E-state index contributed by atoms with van der Waals surface area (Å²) in [4.78, 5) is 12.6. The first kappa shape index (κ1) is 20.7. The molecule has 9 heteroatoms. The zero-order chi connectivity index (χ0) is 21.2. The molecule has 154 valence electrons. The molecule has 1 atom stereocenters. The maximum absolute atomic E-state index is 12.6. The summed E-state index contributed by atoms with van der Waals surface area (Å²) in [6.07, 6.45) is 1.67. The van der Waals surface area contributed by atoms with Crippen molar-refractivity contribution in [1.29, 1.82) is 0 Å². The van der Waals surface area contributed by atoms with Crippen molar-refractivity contribution in [3.05, 3.63) is 53.6 Å². The minimum atomic E-state index is -3.48. The van der Waals surface area contributed by atoms with Gasteiger partial charge in [-0.15, -0.1) is 0 Å². The van der Waals surface area contributed by atoms with Gasteiger partial charge in [-0.3, -0.25) is 9.52 Å². The predicted octanol–water partition coefficient (Wildman–Crippen LogP) is 2.86. The Morgan fingerprint density at radius 2 is 2.00 bits per heavy atom. The molecule has 0 spiro atoms. The van der Waals surface area contributed by atoms with Crippen molar-refractivity contribution in [2.75, 3.05) is 18.1 Å². The number of amides is 1. The first-order valence-corrected chi connectivity index (χ1v) is 11.0. The number of hydrogen-bond acceptors (Lipinski definition) is 6. The van der Waals surface area contributed by atoms with Crippen molar-refractivity contribution >= 4 is 27.3 Å². The number of para-hydroxylation sites is 2. The number of benzene rings is 2. The van der Waals surface area contributed by atoms with Crippen LogP contribution < -0.4 is 9.46 Å². The zero-order valence-electron chi connectivity index (χ0n) is 16.4. The van der Waals surface area contributed by atoms with Gasteiger partial charge in [-0.1, -0.05) is 37.3 Å². The molecule has 2 N–H and O–H groups in total. The standard InChI is InChI=1S/C20H23N3O5S/c1-4-19(25)23-17(14-9-7-11-18(24)20(14)28-2)12-16(21-23)13-8-5-6-10-15(13)22-29(3,26)27/h5-11,17,22,24H,4,12H2,1-3H3/t17-/m0/s1. The highest BCUT2D eigenvalue weighted by atomic mass is 32.2. The molecule has 0 aliphatic carbocycles. The average molecular weight is 417 g/mol. The molecule has 3 rings (SSSR count). The molecule has 1 aliphatic rings. The van der Waals surface area contributed by atoms with Crippen LogP contribution in [0.2, 0.25) is 0 Å². The van der Waals surface area contributed by atoms with Gasteiger partial charge in [-0.05, 0) is 12.1 Å². The van der Waals surface area contributed by atoms with Crippen LogP contribution in [-0.4, -0.2) is 43.5 Å². The molecule has 0 saturated heterocycles. The molecule has 0 bridgehead atoms. The monoisotopic (exact) mass is 417 g/mol. The number of hydrogen-bond donors (Lipinski definition) is 2. The lowest BCUT2D eigenvalue weighted by molar-refractivity contribution is -0.132. The van der Waals surface area contributed by atoms with E-state index in [4.69, 9.17) is 4.74 Å². The van der Waals surface area contributed by atoms with Gasteiger partial charge in [0.2, 0.25) is 15.9 Å². The number of nitrogens with one attached hydrogen (secondary N) is 1. The van der Waals surface area contributed by atoms with E-state index in [9.17, 15) is 18.3 Å². The van der Waals surface area contributed by atoms with Gasteiger partial charge in [-0.2, -0.15) is 5.10 Å². The van der Waals surface area contributed by atoms with E-state index in [1.165, 1.54) is 18.2 Å². The number of methoxy groups -OCH3 is 1. The molecule has 0 saturated carbocycles. The molecule has 1 heterocycles. The Labute approximate surface area is 169 Å². The highest BCUT2D eigenvalue weighted by Gasteiger charge is 2.35. The number of aromatic hydroxyl groups is 1. The van der Waals surface area contributed by atoms with Crippen molar-refractivity contribution in [3.63, 3.8) is 0 Å². The van der Waals surface area contributed by atoms with Crippen LogP contribution >= 0.6 is 0 Å². The van der Waals surface area contributed by atoms with E-state index in [0.717, 1.165) is 6.26 Å². The maximum Gasteiger partial charge on any atom is 0.242 e. The minimum Gasteiger partial charge on any atom is -0.504 e. The number of phenols is 1. The highest BCUT2D eigenvalue weighted by Crippen LogP contribution is 2.42. The summed E-state index contributed by atoms with van der Waals surface area (Å²) >= 11 is 0. The lowest BCUT2D eigenvalue weighted by Gasteiger charge is -2.23. The van der Waals surface area contributed by atoms with Gasteiger partial charge in [0.25, 0.3) is 0 Å². The topological polar surface area (TPSA) is 108 Å². The van der Waals surface area contributed by atoms with E-state index in [1.54, 1.807) is 43.3 Å². The molecule has 0 unspecified atom stereocenters. The lowest BCUT2D eigenvalue weighted by atomic mass is 9.96. The summed E-state index contributed by atoms with van der Waals surface area (Å²) in [7, 11) is -2.03. The molecular formula is C20H23N3O5S. The van der Waals surface area contributed by atoms with Gasteiger partial charge in [0.1, 0.15) is 0 Å². The summed E-state index contributed by atoms with van der Waals surface area (Å²) in [5.41, 5.74) is 2.17. The number of phenolic OH excluding ortho intramolecular Hbond substituents is 1. The van der Waals surface area contributed by atoms with E-state index in [-0.39, 0.29) is 23.8 Å². The third-order valence-corrected chi connectivity index (χ3v) is 5.18. The van der Waals surface area contributed by atoms with Crippen LogP contribution in [0.3, 0.4) is 0 Å². The van der Waals surface area contributed by atoms with Gasteiger partial charge < -0.3 is 9.84 Å². The Hall–Kier alpha value is -3.07. The molecule has 0 aromatic heterocycles. The predicted molar refractivity (Wildman–Crippen MR) is 111 cm³/mol. The largest absolute Gasteiger partial charge is 0.504 e. The van der Waals surface area contributed by atoms with E-state index in [2.05, 4.69) is 9.82 Å². The second kappa shape index (κ2) is 8.12. The Morgan fingerprint density at radius 1 is 1.28 bits per heavy atom. The fourth-order valence-corrected chi connectivity index (χ4v) is 3.94. The SMILES string of the molecule is CCC(=O)N1N=C(c2ccccc2NS(C)(=O)=O)C[C@H]1c1cccc(O)c1OC. The summed E-state index contributed by atoms with van der Waals surface area (Å²) in [6.45, 7) is 1.74. The molecule has 1 aliphatic heterocycles. The highest BCUT2D eigenvalue weighted by molar-refractivity contribution is 7.92. The normalized spacial score (nSPS) is 16.4. The number of ether oxygens (including phenoxy) is 1. The Kier molecular flexibility index (Phi) is 5.78. The molecule has 0 fully saturated rings. The second-order valence-corrected chi connectivity index (χ2v) is 8.43. The number of nitrogens with zero attached hydrogens (tertiary/aromatic N) is 2. The number of hydrazone groups is 1. The van der Waals surface area contributed by atoms with Gasteiger partial charge in [-0.25, -0.2) is 13.4 Å². The van der Waals surface area contributed by atoms with Crippen LogP contribution in [0, 0.1) is 0 Å². The van der Waals surface area contributed by atoms with E-state index >= 15 is 0 Å². The van der Waals surface area contributed by atoms with Crippen LogP contribution in [0.5, 0.6) is 11.5 Å². The van der Waals surface area contributed by atoms with Crippen LogP contribution in [0.25, 0.3) is 0 Å². The van der Waals surface area contributed by atoms with Gasteiger partial charge in [0, 0.05) is 24.0 Å². The summed E-state index contributed by atoms with van der Waals surface area (Å²) in [5.74, 6) is 0.0656. The number of rotatable bonds is 6. The molecule has 2 aromatic carbocycles. The number of carbonyl (C=O) groups is 1. The zero-order valence-corrected chi connectivity index (χ0v) is 17.2. The van der Waals surface area contributed by atoms with Crippen LogP contribution in [0.4, 0.5) is 5.69 Å². The number of carbonyl (C=O) groups excluding carboxylic acids is 1. The fourth-order valence-electron chi connectivity index (χ4n) is 3.36. The van der Waals surface area contributed by atoms with Gasteiger partial charge in [0.05, 0.1) is 30.8 Å². The van der Waals surface area contributed by atoms with Crippen molar-refractivity contribution in [2.45, 2.75) is 25.8 Å². The first-order chi connectivity index (χ1) is 13.7. The first-order valence-electron chi connectivity index (χ1n) is 9.07.